The summed E-state index contributed by atoms with van der Waals surface area (Å²) in [5.41, 5.74) is 2.07. The zero-order chi connectivity index (χ0) is 12.1. The smallest absolute Gasteiger partial charge is 0.272 e. The Labute approximate surface area is 95.8 Å². The summed E-state index contributed by atoms with van der Waals surface area (Å²) >= 11 is 0. The third kappa shape index (κ3) is 3.03. The van der Waals surface area contributed by atoms with Crippen molar-refractivity contribution < 1.29 is 4.92 Å². The lowest BCUT2D eigenvalue weighted by Gasteiger charge is -2.11. The van der Waals surface area contributed by atoms with Crippen molar-refractivity contribution >= 4 is 5.69 Å². The number of nitro groups is 1. The van der Waals surface area contributed by atoms with Crippen LogP contribution < -0.4 is 5.32 Å². The lowest BCUT2D eigenvalue weighted by atomic mass is 10.0. The van der Waals surface area contributed by atoms with E-state index in [0.29, 0.717) is 6.04 Å². The van der Waals surface area contributed by atoms with Crippen molar-refractivity contribution in [1.29, 1.82) is 0 Å². The second kappa shape index (κ2) is 5.61. The minimum atomic E-state index is -0.319. The van der Waals surface area contributed by atoms with Gasteiger partial charge >= 0.3 is 0 Å². The van der Waals surface area contributed by atoms with Crippen LogP contribution in [0.25, 0.3) is 0 Å². The third-order valence-electron chi connectivity index (χ3n) is 2.95. The largest absolute Gasteiger partial charge is 0.317 e. The molecule has 4 heteroatoms. The number of hydrogen-bond acceptors (Lipinski definition) is 3. The lowest BCUT2D eigenvalue weighted by molar-refractivity contribution is -0.385. The van der Waals surface area contributed by atoms with Gasteiger partial charge in [-0.2, -0.15) is 0 Å². The number of hydrogen-bond donors (Lipinski definition) is 1. The van der Waals surface area contributed by atoms with Gasteiger partial charge in [0.15, 0.2) is 0 Å². The van der Waals surface area contributed by atoms with E-state index in [-0.39, 0.29) is 10.6 Å². The molecule has 1 rings (SSSR count). The average molecular weight is 222 g/mol. The molecule has 0 fully saturated rings. The second-order valence-electron chi connectivity index (χ2n) is 4.05. The van der Waals surface area contributed by atoms with Crippen molar-refractivity contribution in [2.45, 2.75) is 32.7 Å². The molecular formula is C12H18N2O2. The monoisotopic (exact) mass is 222 g/mol. The van der Waals surface area contributed by atoms with E-state index in [9.17, 15) is 10.1 Å². The molecule has 1 N–H and O–H groups in total. The van der Waals surface area contributed by atoms with E-state index in [2.05, 4.69) is 12.2 Å². The Balaban J connectivity index is 2.81. The van der Waals surface area contributed by atoms with Crippen LogP contribution in [0.2, 0.25) is 0 Å². The molecule has 0 spiro atoms. The van der Waals surface area contributed by atoms with Crippen molar-refractivity contribution in [2.75, 3.05) is 7.05 Å². The molecule has 0 saturated carbocycles. The van der Waals surface area contributed by atoms with Gasteiger partial charge in [-0.25, -0.2) is 0 Å². The Bertz CT molecular complexity index is 377. The topological polar surface area (TPSA) is 55.2 Å². The van der Waals surface area contributed by atoms with Crippen LogP contribution in [0.3, 0.4) is 0 Å². The van der Waals surface area contributed by atoms with Crippen molar-refractivity contribution in [3.8, 4) is 0 Å². The number of nitro benzene ring substituents is 1. The van der Waals surface area contributed by atoms with Crippen LogP contribution in [0.5, 0.6) is 0 Å². The second-order valence-corrected chi connectivity index (χ2v) is 4.05. The standard InChI is InChI=1S/C12H18N2O2/c1-9(13-3)7-8-11-5-4-6-12(10(11)2)14(15)16/h4-6,9,13H,7-8H2,1-3H3. The predicted octanol–water partition coefficient (Wildman–Crippen LogP) is 2.44. The van der Waals surface area contributed by atoms with Crippen molar-refractivity contribution in [1.82, 2.24) is 5.32 Å². The number of aryl methyl sites for hydroxylation is 1. The highest BCUT2D eigenvalue weighted by Gasteiger charge is 2.13. The average Bonchev–Trinajstić information content (AvgIpc) is 2.26. The maximum Gasteiger partial charge on any atom is 0.272 e. The summed E-state index contributed by atoms with van der Waals surface area (Å²) in [5.74, 6) is 0. The molecule has 1 atom stereocenters. The lowest BCUT2D eigenvalue weighted by Crippen LogP contribution is -2.21. The predicted molar refractivity (Wildman–Crippen MR) is 64.7 cm³/mol. The van der Waals surface area contributed by atoms with E-state index in [0.717, 1.165) is 24.0 Å². The van der Waals surface area contributed by atoms with Crippen LogP contribution in [-0.2, 0) is 6.42 Å². The van der Waals surface area contributed by atoms with E-state index in [4.69, 9.17) is 0 Å². The maximum absolute atomic E-state index is 10.8. The van der Waals surface area contributed by atoms with Gasteiger partial charge < -0.3 is 5.32 Å². The molecule has 0 saturated heterocycles. The molecule has 88 valence electrons. The minimum Gasteiger partial charge on any atom is -0.317 e. The van der Waals surface area contributed by atoms with Gasteiger partial charge in [-0.3, -0.25) is 10.1 Å². The van der Waals surface area contributed by atoms with Gasteiger partial charge in [0, 0.05) is 17.7 Å². The highest BCUT2D eigenvalue weighted by atomic mass is 16.6. The summed E-state index contributed by atoms with van der Waals surface area (Å²) in [5, 5.41) is 13.9. The Hall–Kier alpha value is -1.42. The molecule has 0 amide bonds. The zero-order valence-corrected chi connectivity index (χ0v) is 9.99. The fourth-order valence-electron chi connectivity index (χ4n) is 1.65. The SMILES string of the molecule is CNC(C)CCc1cccc([N+](=O)[O-])c1C. The maximum atomic E-state index is 10.8. The first-order valence-corrected chi connectivity index (χ1v) is 5.46. The summed E-state index contributed by atoms with van der Waals surface area (Å²) in [7, 11) is 1.92. The normalized spacial score (nSPS) is 12.4. The van der Waals surface area contributed by atoms with Crippen LogP contribution in [0.4, 0.5) is 5.69 Å². The van der Waals surface area contributed by atoms with E-state index >= 15 is 0 Å². The number of nitrogens with zero attached hydrogens (tertiary/aromatic N) is 1. The number of nitrogens with one attached hydrogen (secondary N) is 1. The molecule has 4 nitrogen and oxygen atoms in total. The quantitative estimate of drug-likeness (QED) is 0.615. The van der Waals surface area contributed by atoms with Gasteiger partial charge in [-0.05, 0) is 39.3 Å². The third-order valence-corrected chi connectivity index (χ3v) is 2.95. The fourth-order valence-corrected chi connectivity index (χ4v) is 1.65. The Kier molecular flexibility index (Phi) is 4.43. The Morgan fingerprint density at radius 2 is 2.19 bits per heavy atom. The molecule has 0 bridgehead atoms. The molecular weight excluding hydrogens is 204 g/mol. The van der Waals surface area contributed by atoms with Gasteiger partial charge in [0.2, 0.25) is 0 Å². The highest BCUT2D eigenvalue weighted by Crippen LogP contribution is 2.22. The fraction of sp³-hybridized carbons (Fsp3) is 0.500. The number of benzene rings is 1. The molecule has 0 heterocycles. The molecule has 1 aromatic carbocycles. The van der Waals surface area contributed by atoms with Gasteiger partial charge in [0.1, 0.15) is 0 Å². The zero-order valence-electron chi connectivity index (χ0n) is 9.99. The van der Waals surface area contributed by atoms with Gasteiger partial charge in [0.05, 0.1) is 4.92 Å². The van der Waals surface area contributed by atoms with Crippen molar-refractivity contribution in [2.24, 2.45) is 0 Å². The van der Waals surface area contributed by atoms with Crippen LogP contribution in [0.1, 0.15) is 24.5 Å². The van der Waals surface area contributed by atoms with Gasteiger partial charge in [-0.15, -0.1) is 0 Å². The highest BCUT2D eigenvalue weighted by molar-refractivity contribution is 5.44. The first-order chi connectivity index (χ1) is 7.56. The van der Waals surface area contributed by atoms with Crippen LogP contribution in [-0.4, -0.2) is 18.0 Å². The van der Waals surface area contributed by atoms with Crippen molar-refractivity contribution in [3.63, 3.8) is 0 Å². The van der Waals surface area contributed by atoms with E-state index in [1.807, 2.05) is 20.0 Å². The van der Waals surface area contributed by atoms with Crippen LogP contribution in [0.15, 0.2) is 18.2 Å². The molecule has 0 aliphatic rings. The summed E-state index contributed by atoms with van der Waals surface area (Å²) in [6, 6.07) is 5.70. The first kappa shape index (κ1) is 12.6. The summed E-state index contributed by atoms with van der Waals surface area (Å²) in [6.45, 7) is 3.92. The van der Waals surface area contributed by atoms with Crippen molar-refractivity contribution in [3.05, 3.63) is 39.4 Å². The molecule has 16 heavy (non-hydrogen) atoms. The van der Waals surface area contributed by atoms with Gasteiger partial charge in [0.25, 0.3) is 5.69 Å². The van der Waals surface area contributed by atoms with Gasteiger partial charge in [-0.1, -0.05) is 12.1 Å². The van der Waals surface area contributed by atoms with E-state index in [1.54, 1.807) is 12.1 Å². The van der Waals surface area contributed by atoms with E-state index < -0.39 is 0 Å². The molecule has 0 radical (unpaired) electrons. The summed E-state index contributed by atoms with van der Waals surface area (Å²) < 4.78 is 0. The molecule has 0 aromatic heterocycles. The summed E-state index contributed by atoms with van der Waals surface area (Å²) in [6.07, 6.45) is 1.86. The summed E-state index contributed by atoms with van der Waals surface area (Å²) in [4.78, 5) is 10.4. The molecule has 1 aromatic rings. The minimum absolute atomic E-state index is 0.217. The molecule has 1 unspecified atom stereocenters. The molecule has 0 aliphatic heterocycles. The van der Waals surface area contributed by atoms with Crippen LogP contribution in [0, 0.1) is 17.0 Å². The number of rotatable bonds is 5. The molecule has 0 aliphatic carbocycles. The Morgan fingerprint density at radius 3 is 2.75 bits per heavy atom. The van der Waals surface area contributed by atoms with Crippen LogP contribution >= 0.6 is 0 Å². The van der Waals surface area contributed by atoms with E-state index in [1.165, 1.54) is 0 Å². The Morgan fingerprint density at radius 1 is 1.50 bits per heavy atom. The first-order valence-electron chi connectivity index (χ1n) is 5.46.